The Labute approximate surface area is 183 Å². The van der Waals surface area contributed by atoms with E-state index in [4.69, 9.17) is 17.0 Å². The molecule has 0 atom stereocenters. The zero-order chi connectivity index (χ0) is 20.9. The topological polar surface area (TPSA) is 48.1 Å². The average molecular weight is 424 g/mol. The lowest BCUT2D eigenvalue weighted by Crippen LogP contribution is -2.39. The summed E-state index contributed by atoms with van der Waals surface area (Å²) in [5, 5.41) is 4.51. The molecule has 3 aromatic rings. The van der Waals surface area contributed by atoms with Crippen LogP contribution in [0.2, 0.25) is 0 Å². The van der Waals surface area contributed by atoms with Crippen molar-refractivity contribution in [2.75, 3.05) is 13.1 Å². The maximum Gasteiger partial charge on any atom is 0.198 e. The summed E-state index contributed by atoms with van der Waals surface area (Å²) < 4.78 is 11.0. The first-order valence-corrected chi connectivity index (χ1v) is 11.0. The molecule has 30 heavy (non-hydrogen) atoms. The number of benzene rings is 1. The van der Waals surface area contributed by atoms with Gasteiger partial charge in [0.1, 0.15) is 18.2 Å². The molecule has 0 spiro atoms. The first-order valence-electron chi connectivity index (χ1n) is 10.6. The number of hydrogen-bond donors (Lipinski definition) is 0. The fourth-order valence-corrected chi connectivity index (χ4v) is 4.02. The molecule has 0 unspecified atom stereocenters. The molecular weight excluding hydrogens is 394 g/mol. The van der Waals surface area contributed by atoms with Crippen molar-refractivity contribution < 1.29 is 4.74 Å². The van der Waals surface area contributed by atoms with Gasteiger partial charge in [-0.15, -0.1) is 0 Å². The highest BCUT2D eigenvalue weighted by Gasteiger charge is 2.21. The lowest BCUT2D eigenvalue weighted by molar-refractivity contribution is 0.0796. The minimum Gasteiger partial charge on any atom is -0.490 e. The van der Waals surface area contributed by atoms with Crippen LogP contribution in [0.4, 0.5) is 0 Å². The van der Waals surface area contributed by atoms with E-state index < -0.39 is 0 Å². The van der Waals surface area contributed by atoms with Gasteiger partial charge in [-0.25, -0.2) is 4.68 Å². The van der Waals surface area contributed by atoms with E-state index in [9.17, 15) is 0 Å². The predicted octanol–water partition coefficient (Wildman–Crippen LogP) is 4.17. The first-order chi connectivity index (χ1) is 14.6. The Hall–Kier alpha value is -2.51. The molecule has 0 N–H and O–H groups in total. The molecule has 0 saturated carbocycles. The van der Waals surface area contributed by atoms with Crippen molar-refractivity contribution in [2.24, 2.45) is 0 Å². The predicted molar refractivity (Wildman–Crippen MR) is 120 cm³/mol. The number of ether oxygens (including phenoxy) is 1. The van der Waals surface area contributed by atoms with Gasteiger partial charge in [0.2, 0.25) is 0 Å². The summed E-state index contributed by atoms with van der Waals surface area (Å²) in [7, 11) is 0. The lowest BCUT2D eigenvalue weighted by atomic mass is 10.1. The summed E-state index contributed by atoms with van der Waals surface area (Å²) in [6.07, 6.45) is 6.81. The van der Waals surface area contributed by atoms with E-state index >= 15 is 0 Å². The number of piperidine rings is 1. The fourth-order valence-electron chi connectivity index (χ4n) is 3.77. The van der Waals surface area contributed by atoms with Gasteiger partial charge in [0.25, 0.3) is 0 Å². The first kappa shape index (κ1) is 20.8. The second kappa shape index (κ2) is 9.53. The zero-order valence-electron chi connectivity index (χ0n) is 17.7. The third-order valence-corrected chi connectivity index (χ3v) is 6.08. The van der Waals surface area contributed by atoms with Gasteiger partial charge >= 0.3 is 0 Å². The molecule has 0 aliphatic carbocycles. The number of pyridine rings is 1. The number of likely N-dealkylation sites (tertiary alicyclic amines) is 1. The van der Waals surface area contributed by atoms with E-state index in [1.165, 1.54) is 11.1 Å². The summed E-state index contributed by atoms with van der Waals surface area (Å²) in [5.74, 6) is 1.02. The molecule has 1 aliphatic heterocycles. The van der Waals surface area contributed by atoms with Gasteiger partial charge in [-0.05, 0) is 68.2 Å². The maximum absolute atomic E-state index is 6.29. The average Bonchev–Trinajstić information content (AvgIpc) is 3.10. The zero-order valence-corrected chi connectivity index (χ0v) is 18.5. The SMILES string of the molecule is Cc1ccc(C)c(OC2CCN(Cn3ncn(CCc4ccccn4)c3=S)CC2)c1. The lowest BCUT2D eigenvalue weighted by Gasteiger charge is -2.32. The largest absolute Gasteiger partial charge is 0.490 e. The summed E-state index contributed by atoms with van der Waals surface area (Å²) in [4.78, 5) is 6.77. The fraction of sp³-hybridized carbons (Fsp3) is 0.435. The molecule has 6 nitrogen and oxygen atoms in total. The van der Waals surface area contributed by atoms with Crippen LogP contribution in [0.5, 0.6) is 5.75 Å². The molecule has 2 aromatic heterocycles. The van der Waals surface area contributed by atoms with Gasteiger partial charge in [-0.2, -0.15) is 5.10 Å². The van der Waals surface area contributed by atoms with Gasteiger partial charge in [-0.1, -0.05) is 18.2 Å². The summed E-state index contributed by atoms with van der Waals surface area (Å²) in [6, 6.07) is 12.4. The van der Waals surface area contributed by atoms with Crippen molar-refractivity contribution in [3.63, 3.8) is 0 Å². The van der Waals surface area contributed by atoms with Crippen LogP contribution in [-0.4, -0.2) is 43.4 Å². The van der Waals surface area contributed by atoms with Crippen molar-refractivity contribution in [1.29, 1.82) is 0 Å². The summed E-state index contributed by atoms with van der Waals surface area (Å²) >= 11 is 5.64. The van der Waals surface area contributed by atoms with E-state index in [0.29, 0.717) is 0 Å². The smallest absolute Gasteiger partial charge is 0.198 e. The molecule has 7 heteroatoms. The molecule has 0 radical (unpaired) electrons. The minimum absolute atomic E-state index is 0.269. The standard InChI is InChI=1S/C23H29N5OS/c1-18-6-7-19(2)22(15-18)29-21-9-12-26(13-10-21)17-28-23(30)27(16-25-28)14-8-20-5-3-4-11-24-20/h3-7,11,15-16,21H,8-10,12-14,17H2,1-2H3. The second-order valence-corrected chi connectivity index (χ2v) is 8.39. The Morgan fingerprint density at radius 3 is 2.73 bits per heavy atom. The van der Waals surface area contributed by atoms with Crippen LogP contribution >= 0.6 is 12.2 Å². The van der Waals surface area contributed by atoms with Crippen LogP contribution < -0.4 is 4.74 Å². The normalized spacial score (nSPS) is 15.4. The summed E-state index contributed by atoms with van der Waals surface area (Å²) in [5.41, 5.74) is 3.50. The van der Waals surface area contributed by atoms with E-state index in [0.717, 1.165) is 61.8 Å². The number of hydrogen-bond acceptors (Lipinski definition) is 5. The van der Waals surface area contributed by atoms with Crippen molar-refractivity contribution in [2.45, 2.75) is 52.4 Å². The molecule has 0 bridgehead atoms. The van der Waals surface area contributed by atoms with E-state index in [1.54, 1.807) is 0 Å². The molecule has 0 amide bonds. The van der Waals surface area contributed by atoms with E-state index in [1.807, 2.05) is 40.0 Å². The van der Waals surface area contributed by atoms with Crippen LogP contribution in [0, 0.1) is 18.6 Å². The van der Waals surface area contributed by atoms with Crippen molar-refractivity contribution in [3.05, 3.63) is 70.5 Å². The van der Waals surface area contributed by atoms with Crippen molar-refractivity contribution in [3.8, 4) is 5.75 Å². The third kappa shape index (κ3) is 5.15. The maximum atomic E-state index is 6.29. The number of rotatable bonds is 7. The van der Waals surface area contributed by atoms with Gasteiger partial charge in [0, 0.05) is 37.9 Å². The van der Waals surface area contributed by atoms with Gasteiger partial charge in [0.05, 0.1) is 6.67 Å². The Morgan fingerprint density at radius 1 is 1.13 bits per heavy atom. The molecule has 1 fully saturated rings. The van der Waals surface area contributed by atoms with Crippen molar-refractivity contribution >= 4 is 12.2 Å². The Bertz CT molecular complexity index is 1020. The molecule has 158 valence electrons. The van der Waals surface area contributed by atoms with Crippen LogP contribution in [-0.2, 0) is 19.6 Å². The van der Waals surface area contributed by atoms with Crippen molar-refractivity contribution in [1.82, 2.24) is 24.2 Å². The molecule has 3 heterocycles. The molecule has 4 rings (SSSR count). The highest BCUT2D eigenvalue weighted by Crippen LogP contribution is 2.24. The van der Waals surface area contributed by atoms with Gasteiger partial charge in [0.15, 0.2) is 4.77 Å². The molecule has 1 saturated heterocycles. The number of aryl methyl sites for hydroxylation is 4. The Morgan fingerprint density at radius 2 is 1.97 bits per heavy atom. The third-order valence-electron chi connectivity index (χ3n) is 5.64. The van der Waals surface area contributed by atoms with E-state index in [2.05, 4.69) is 47.0 Å². The van der Waals surface area contributed by atoms with Crippen LogP contribution in [0.25, 0.3) is 0 Å². The quantitative estimate of drug-likeness (QED) is 0.534. The number of nitrogens with zero attached hydrogens (tertiary/aromatic N) is 5. The molecule has 1 aliphatic rings. The minimum atomic E-state index is 0.269. The summed E-state index contributed by atoms with van der Waals surface area (Å²) in [6.45, 7) is 7.70. The van der Waals surface area contributed by atoms with E-state index in [-0.39, 0.29) is 6.10 Å². The Balaban J connectivity index is 1.28. The van der Waals surface area contributed by atoms with Gasteiger partial charge < -0.3 is 9.30 Å². The highest BCUT2D eigenvalue weighted by atomic mass is 32.1. The highest BCUT2D eigenvalue weighted by molar-refractivity contribution is 7.71. The monoisotopic (exact) mass is 423 g/mol. The van der Waals surface area contributed by atoms with Crippen LogP contribution in [0.3, 0.4) is 0 Å². The number of aromatic nitrogens is 4. The molecular formula is C23H29N5OS. The van der Waals surface area contributed by atoms with Gasteiger partial charge in [-0.3, -0.25) is 9.88 Å². The van der Waals surface area contributed by atoms with Crippen LogP contribution in [0.1, 0.15) is 29.7 Å². The Kier molecular flexibility index (Phi) is 6.59. The second-order valence-electron chi connectivity index (χ2n) is 8.02. The molecule has 1 aromatic carbocycles. The van der Waals surface area contributed by atoms with Crippen LogP contribution in [0.15, 0.2) is 48.9 Å².